The summed E-state index contributed by atoms with van der Waals surface area (Å²) in [5.41, 5.74) is 2.61. The average molecular weight is 490 g/mol. The molecule has 1 aromatic heterocycles. The van der Waals surface area contributed by atoms with Gasteiger partial charge in [0.05, 0.1) is 17.4 Å². The van der Waals surface area contributed by atoms with E-state index in [0.29, 0.717) is 23.0 Å². The average Bonchev–Trinajstić information content (AvgIpc) is 3.38. The van der Waals surface area contributed by atoms with Crippen LogP contribution in [0.1, 0.15) is 18.4 Å². The van der Waals surface area contributed by atoms with Crippen molar-refractivity contribution < 1.29 is 18.7 Å². The molecule has 0 radical (unpaired) electrons. The van der Waals surface area contributed by atoms with Gasteiger partial charge >= 0.3 is 6.09 Å². The Kier molecular flexibility index (Phi) is 7.16. The molecule has 3 heterocycles. The van der Waals surface area contributed by atoms with E-state index in [9.17, 15) is 14.4 Å². The number of carbonyl (C=O) groups excluding carboxylic acids is 1. The summed E-state index contributed by atoms with van der Waals surface area (Å²) in [5, 5.41) is 12.4. The molecule has 2 fully saturated rings. The zero-order valence-electron chi connectivity index (χ0n) is 19.9. The molecule has 0 aliphatic carbocycles. The standard InChI is InChI=1S/C27H28FN5O3/c28-21-1-4-23(5-2-21)33-10-7-25(19-33)36-27(34)30-22-3-6-26(20(17-22)18-29)32-13-11-31(12-14-32)24-8-15-35-16-9-24/h1-7,10,17,19,24H,8-9,11-16H2,(H,30,34). The molecule has 3 aromatic rings. The maximum absolute atomic E-state index is 13.1. The predicted octanol–water partition coefficient (Wildman–Crippen LogP) is 4.40. The van der Waals surface area contributed by atoms with Crippen LogP contribution in [0.4, 0.5) is 20.6 Å². The van der Waals surface area contributed by atoms with Gasteiger partial charge < -0.3 is 18.9 Å². The van der Waals surface area contributed by atoms with Gasteiger partial charge in [0.2, 0.25) is 0 Å². The van der Waals surface area contributed by atoms with E-state index in [-0.39, 0.29) is 5.82 Å². The fraction of sp³-hybridized carbons (Fsp3) is 0.333. The number of hydrogen-bond acceptors (Lipinski definition) is 6. The van der Waals surface area contributed by atoms with Crippen LogP contribution in [0.25, 0.3) is 5.69 Å². The molecule has 0 saturated carbocycles. The molecule has 9 heteroatoms. The van der Waals surface area contributed by atoms with Crippen LogP contribution < -0.4 is 15.0 Å². The Morgan fingerprint density at radius 1 is 1.06 bits per heavy atom. The second-order valence-electron chi connectivity index (χ2n) is 8.96. The van der Waals surface area contributed by atoms with E-state index in [2.05, 4.69) is 21.2 Å². The summed E-state index contributed by atoms with van der Waals surface area (Å²) >= 11 is 0. The maximum atomic E-state index is 13.1. The molecule has 5 rings (SSSR count). The summed E-state index contributed by atoms with van der Waals surface area (Å²) in [6.07, 6.45) is 4.86. The molecule has 1 N–H and O–H groups in total. The van der Waals surface area contributed by atoms with Gasteiger partial charge in [0, 0.05) is 63.0 Å². The van der Waals surface area contributed by atoms with Crippen LogP contribution in [-0.4, -0.2) is 61.0 Å². The van der Waals surface area contributed by atoms with Crippen LogP contribution >= 0.6 is 0 Å². The second kappa shape index (κ2) is 10.8. The van der Waals surface area contributed by atoms with Crippen molar-refractivity contribution in [1.82, 2.24) is 9.47 Å². The number of rotatable bonds is 5. The van der Waals surface area contributed by atoms with E-state index < -0.39 is 6.09 Å². The lowest BCUT2D eigenvalue weighted by Gasteiger charge is -2.41. The Balaban J connectivity index is 1.18. The number of carbonyl (C=O) groups is 1. The highest BCUT2D eigenvalue weighted by atomic mass is 19.1. The Bertz CT molecular complexity index is 1240. The molecule has 0 bridgehead atoms. The lowest BCUT2D eigenvalue weighted by Crippen LogP contribution is -2.51. The van der Waals surface area contributed by atoms with Gasteiger partial charge in [0.25, 0.3) is 0 Å². The van der Waals surface area contributed by atoms with Crippen molar-refractivity contribution in [2.75, 3.05) is 49.6 Å². The van der Waals surface area contributed by atoms with E-state index in [1.807, 2.05) is 6.07 Å². The molecule has 186 valence electrons. The molecule has 2 saturated heterocycles. The van der Waals surface area contributed by atoms with Crippen LogP contribution in [0.3, 0.4) is 0 Å². The van der Waals surface area contributed by atoms with Gasteiger partial charge in [-0.25, -0.2) is 9.18 Å². The number of hydrogen-bond donors (Lipinski definition) is 1. The highest BCUT2D eigenvalue weighted by Gasteiger charge is 2.26. The molecule has 0 unspecified atom stereocenters. The van der Waals surface area contributed by atoms with Crippen molar-refractivity contribution in [2.24, 2.45) is 0 Å². The van der Waals surface area contributed by atoms with Gasteiger partial charge in [0.15, 0.2) is 5.75 Å². The van der Waals surface area contributed by atoms with E-state index in [1.54, 1.807) is 47.3 Å². The molecular formula is C27H28FN5O3. The number of piperazine rings is 1. The lowest BCUT2D eigenvalue weighted by molar-refractivity contribution is 0.0321. The normalized spacial score (nSPS) is 16.9. The van der Waals surface area contributed by atoms with Gasteiger partial charge in [-0.05, 0) is 61.4 Å². The third-order valence-electron chi connectivity index (χ3n) is 6.73. The first kappa shape index (κ1) is 23.9. The minimum atomic E-state index is -0.659. The molecule has 2 aliphatic heterocycles. The van der Waals surface area contributed by atoms with E-state index >= 15 is 0 Å². The SMILES string of the molecule is N#Cc1cc(NC(=O)Oc2ccn(-c3ccc(F)cc3)c2)ccc1N1CCN(C2CCOCC2)CC1. The maximum Gasteiger partial charge on any atom is 0.417 e. The van der Waals surface area contributed by atoms with Gasteiger partial charge in [-0.2, -0.15) is 5.26 Å². The van der Waals surface area contributed by atoms with Crippen LogP contribution in [0.15, 0.2) is 60.9 Å². The first-order chi connectivity index (χ1) is 17.6. The van der Waals surface area contributed by atoms with Crippen molar-refractivity contribution in [1.29, 1.82) is 5.26 Å². The smallest absolute Gasteiger partial charge is 0.408 e. The summed E-state index contributed by atoms with van der Waals surface area (Å²) in [5.74, 6) is 0.0260. The second-order valence-corrected chi connectivity index (χ2v) is 8.96. The van der Waals surface area contributed by atoms with Crippen LogP contribution in [0.5, 0.6) is 5.75 Å². The third kappa shape index (κ3) is 5.51. The van der Waals surface area contributed by atoms with Gasteiger partial charge in [-0.3, -0.25) is 10.2 Å². The first-order valence-electron chi connectivity index (χ1n) is 12.1. The van der Waals surface area contributed by atoms with Crippen LogP contribution in [-0.2, 0) is 4.74 Å². The molecule has 2 aromatic carbocycles. The Morgan fingerprint density at radius 3 is 2.53 bits per heavy atom. The summed E-state index contributed by atoms with van der Waals surface area (Å²) < 4.78 is 25.7. The Hall–Kier alpha value is -3.87. The van der Waals surface area contributed by atoms with Crippen molar-refractivity contribution >= 4 is 17.5 Å². The number of nitrogens with zero attached hydrogens (tertiary/aromatic N) is 4. The highest BCUT2D eigenvalue weighted by Crippen LogP contribution is 2.27. The Labute approximate surface area is 209 Å². The lowest BCUT2D eigenvalue weighted by atomic mass is 10.1. The quantitative estimate of drug-likeness (QED) is 0.572. The van der Waals surface area contributed by atoms with Crippen molar-refractivity contribution in [3.05, 3.63) is 72.3 Å². The molecule has 2 aliphatic rings. The zero-order chi connectivity index (χ0) is 24.9. The molecule has 0 spiro atoms. The van der Waals surface area contributed by atoms with Gasteiger partial charge in [0.1, 0.15) is 11.9 Å². The number of ether oxygens (including phenoxy) is 2. The minimum Gasteiger partial charge on any atom is -0.408 e. The van der Waals surface area contributed by atoms with Crippen molar-refractivity contribution in [3.63, 3.8) is 0 Å². The fourth-order valence-corrected chi connectivity index (χ4v) is 4.82. The molecule has 0 atom stereocenters. The Morgan fingerprint density at radius 2 is 1.81 bits per heavy atom. The minimum absolute atomic E-state index is 0.318. The summed E-state index contributed by atoms with van der Waals surface area (Å²) in [6, 6.07) is 15.8. The first-order valence-corrected chi connectivity index (χ1v) is 12.1. The van der Waals surface area contributed by atoms with Crippen molar-refractivity contribution in [3.8, 4) is 17.5 Å². The monoisotopic (exact) mass is 489 g/mol. The number of nitrogens with one attached hydrogen (secondary N) is 1. The summed E-state index contributed by atoms with van der Waals surface area (Å²) in [4.78, 5) is 17.2. The highest BCUT2D eigenvalue weighted by molar-refractivity contribution is 5.87. The topological polar surface area (TPSA) is 82.8 Å². The molecular weight excluding hydrogens is 461 g/mol. The van der Waals surface area contributed by atoms with E-state index in [4.69, 9.17) is 9.47 Å². The summed E-state index contributed by atoms with van der Waals surface area (Å²) in [7, 11) is 0. The number of anilines is 2. The number of nitriles is 1. The zero-order valence-corrected chi connectivity index (χ0v) is 19.9. The molecule has 1 amide bonds. The molecule has 36 heavy (non-hydrogen) atoms. The van der Waals surface area contributed by atoms with Crippen LogP contribution in [0, 0.1) is 17.1 Å². The number of amides is 1. The fourth-order valence-electron chi connectivity index (χ4n) is 4.82. The van der Waals surface area contributed by atoms with Crippen molar-refractivity contribution in [2.45, 2.75) is 18.9 Å². The number of aromatic nitrogens is 1. The largest absolute Gasteiger partial charge is 0.417 e. The third-order valence-corrected chi connectivity index (χ3v) is 6.73. The summed E-state index contributed by atoms with van der Waals surface area (Å²) in [6.45, 7) is 5.29. The predicted molar refractivity (Wildman–Crippen MR) is 134 cm³/mol. The van der Waals surface area contributed by atoms with E-state index in [1.165, 1.54) is 12.1 Å². The van der Waals surface area contributed by atoms with Gasteiger partial charge in [-0.1, -0.05) is 0 Å². The number of benzene rings is 2. The number of halogens is 1. The van der Waals surface area contributed by atoms with Gasteiger partial charge in [-0.15, -0.1) is 0 Å². The van der Waals surface area contributed by atoms with Crippen LogP contribution in [0.2, 0.25) is 0 Å². The van der Waals surface area contributed by atoms with E-state index in [0.717, 1.165) is 63.6 Å². The molecule has 8 nitrogen and oxygen atoms in total.